The number of fused-ring (bicyclic) bond motifs is 1. The van der Waals surface area contributed by atoms with E-state index in [0.29, 0.717) is 5.92 Å². The number of nitriles is 1. The van der Waals surface area contributed by atoms with Crippen LogP contribution in [0.15, 0.2) is 23.3 Å². The molecule has 2 rings (SSSR count). The number of likely N-dealkylation sites (tertiary alicyclic amines) is 1. The molecule has 14 heavy (non-hydrogen) atoms. The highest BCUT2D eigenvalue weighted by Gasteiger charge is 2.32. The summed E-state index contributed by atoms with van der Waals surface area (Å²) in [6, 6.07) is 2.44. The van der Waals surface area contributed by atoms with E-state index in [2.05, 4.69) is 37.1 Å². The third kappa shape index (κ3) is 1.60. The Morgan fingerprint density at radius 3 is 3.00 bits per heavy atom. The zero-order valence-corrected chi connectivity index (χ0v) is 8.83. The molecule has 0 spiro atoms. The lowest BCUT2D eigenvalue weighted by molar-refractivity contribution is 0.230. The van der Waals surface area contributed by atoms with Crippen LogP contribution < -0.4 is 0 Å². The number of likely N-dealkylation sites (N-methyl/N-ethyl adjacent to an activating group) is 1. The first-order chi connectivity index (χ1) is 6.70. The van der Waals surface area contributed by atoms with Crippen molar-refractivity contribution in [2.24, 2.45) is 11.8 Å². The molecule has 0 saturated carbocycles. The van der Waals surface area contributed by atoms with E-state index in [4.69, 9.17) is 5.26 Å². The topological polar surface area (TPSA) is 27.0 Å². The monoisotopic (exact) mass is 188 g/mol. The molecule has 0 aromatic carbocycles. The Bertz CT molecular complexity index is 333. The van der Waals surface area contributed by atoms with Crippen LogP contribution in [0, 0.1) is 23.2 Å². The minimum Gasteiger partial charge on any atom is -0.301 e. The third-order valence-corrected chi connectivity index (χ3v) is 3.21. The maximum Gasteiger partial charge on any atom is 0.0675 e. The lowest BCUT2D eigenvalue weighted by Gasteiger charge is -2.37. The van der Waals surface area contributed by atoms with Crippen LogP contribution in [0.25, 0.3) is 0 Å². The van der Waals surface area contributed by atoms with Gasteiger partial charge in [-0.1, -0.05) is 23.3 Å². The van der Waals surface area contributed by atoms with Gasteiger partial charge in [-0.3, -0.25) is 0 Å². The molecule has 0 N–H and O–H groups in total. The summed E-state index contributed by atoms with van der Waals surface area (Å²) >= 11 is 0. The van der Waals surface area contributed by atoms with Gasteiger partial charge in [0, 0.05) is 19.0 Å². The van der Waals surface area contributed by atoms with Gasteiger partial charge in [-0.2, -0.15) is 5.26 Å². The quantitative estimate of drug-likeness (QED) is 0.581. The van der Waals surface area contributed by atoms with E-state index in [9.17, 15) is 0 Å². The summed E-state index contributed by atoms with van der Waals surface area (Å²) in [6.07, 6.45) is 5.49. The number of hydrogen-bond acceptors (Lipinski definition) is 2. The van der Waals surface area contributed by atoms with Crippen molar-refractivity contribution < 1.29 is 0 Å². The van der Waals surface area contributed by atoms with Crippen LogP contribution in [0.5, 0.6) is 0 Å². The Hall–Kier alpha value is -1.07. The molecule has 1 saturated heterocycles. The molecule has 0 radical (unpaired) electrons. The van der Waals surface area contributed by atoms with E-state index in [1.165, 1.54) is 11.1 Å². The summed E-state index contributed by atoms with van der Waals surface area (Å²) in [4.78, 5) is 2.24. The molecule has 2 nitrogen and oxygen atoms in total. The summed E-state index contributed by atoms with van der Waals surface area (Å²) in [6.45, 7) is 4.11. The van der Waals surface area contributed by atoms with Gasteiger partial charge in [0.15, 0.2) is 0 Å². The van der Waals surface area contributed by atoms with Crippen LogP contribution in [-0.2, 0) is 0 Å². The average molecular weight is 188 g/mol. The minimum absolute atomic E-state index is 0.184. The van der Waals surface area contributed by atoms with Gasteiger partial charge < -0.3 is 4.90 Å². The molecule has 74 valence electrons. The lowest BCUT2D eigenvalue weighted by atomic mass is 9.76. The van der Waals surface area contributed by atoms with Gasteiger partial charge in [-0.05, 0) is 20.4 Å². The highest BCUT2D eigenvalue weighted by Crippen LogP contribution is 2.35. The van der Waals surface area contributed by atoms with E-state index < -0.39 is 0 Å². The summed E-state index contributed by atoms with van der Waals surface area (Å²) in [5.74, 6) is 0.671. The van der Waals surface area contributed by atoms with Crippen LogP contribution >= 0.6 is 0 Å². The van der Waals surface area contributed by atoms with Gasteiger partial charge in [-0.25, -0.2) is 0 Å². The Balaban J connectivity index is 2.26. The van der Waals surface area contributed by atoms with Crippen molar-refractivity contribution in [1.82, 2.24) is 4.90 Å². The molecular weight excluding hydrogens is 172 g/mol. The Morgan fingerprint density at radius 1 is 1.50 bits per heavy atom. The van der Waals surface area contributed by atoms with Crippen molar-refractivity contribution in [1.29, 1.82) is 5.26 Å². The number of piperidine rings is 1. The summed E-state index contributed by atoms with van der Waals surface area (Å²) in [5, 5.41) is 9.11. The van der Waals surface area contributed by atoms with Crippen molar-refractivity contribution in [3.8, 4) is 6.07 Å². The SMILES string of the molecule is CC1=CC=C2CN(C)CC(C#N)C2C1. The fourth-order valence-electron chi connectivity index (χ4n) is 2.46. The van der Waals surface area contributed by atoms with Crippen molar-refractivity contribution in [2.45, 2.75) is 13.3 Å². The molecule has 2 heteroatoms. The molecule has 0 bridgehead atoms. The molecule has 2 unspecified atom stereocenters. The Kier molecular flexibility index (Phi) is 2.43. The molecule has 1 fully saturated rings. The average Bonchev–Trinajstić information content (AvgIpc) is 2.17. The fraction of sp³-hybridized carbons (Fsp3) is 0.583. The second kappa shape index (κ2) is 3.59. The molecule has 2 aliphatic rings. The molecule has 2 atom stereocenters. The van der Waals surface area contributed by atoms with Gasteiger partial charge in [-0.15, -0.1) is 0 Å². The fourth-order valence-corrected chi connectivity index (χ4v) is 2.46. The second-order valence-corrected chi connectivity index (χ2v) is 4.50. The standard InChI is InChI=1S/C12H16N2/c1-9-3-4-10-7-14(2)8-11(6-13)12(10)5-9/h3-4,11-12H,5,7-8H2,1-2H3. The largest absolute Gasteiger partial charge is 0.301 e. The molecule has 1 aliphatic heterocycles. The minimum atomic E-state index is 0.184. The maximum atomic E-state index is 9.11. The van der Waals surface area contributed by atoms with E-state index in [1.807, 2.05) is 0 Å². The van der Waals surface area contributed by atoms with E-state index in [0.717, 1.165) is 19.5 Å². The van der Waals surface area contributed by atoms with Gasteiger partial charge in [0.2, 0.25) is 0 Å². The second-order valence-electron chi connectivity index (χ2n) is 4.50. The summed E-state index contributed by atoms with van der Waals surface area (Å²) in [7, 11) is 2.09. The Morgan fingerprint density at radius 2 is 2.29 bits per heavy atom. The molecular formula is C12H16N2. The highest BCUT2D eigenvalue weighted by atomic mass is 15.1. The first-order valence-electron chi connectivity index (χ1n) is 5.15. The number of hydrogen-bond donors (Lipinski definition) is 0. The maximum absolute atomic E-state index is 9.11. The molecule has 0 aromatic heterocycles. The van der Waals surface area contributed by atoms with Gasteiger partial charge in [0.1, 0.15) is 0 Å². The molecule has 0 aromatic rings. The zero-order chi connectivity index (χ0) is 10.1. The molecule has 1 aliphatic carbocycles. The smallest absolute Gasteiger partial charge is 0.0675 e. The van der Waals surface area contributed by atoms with Crippen molar-refractivity contribution >= 4 is 0 Å². The first kappa shape index (κ1) is 9.48. The van der Waals surface area contributed by atoms with Crippen LogP contribution in [0.2, 0.25) is 0 Å². The highest BCUT2D eigenvalue weighted by molar-refractivity contribution is 5.30. The third-order valence-electron chi connectivity index (χ3n) is 3.21. The Labute approximate surface area is 85.5 Å². The van der Waals surface area contributed by atoms with Crippen LogP contribution in [0.1, 0.15) is 13.3 Å². The van der Waals surface area contributed by atoms with Crippen molar-refractivity contribution in [3.63, 3.8) is 0 Å². The van der Waals surface area contributed by atoms with Crippen LogP contribution in [-0.4, -0.2) is 25.0 Å². The predicted octanol–water partition coefficient (Wildman–Crippen LogP) is 1.96. The lowest BCUT2D eigenvalue weighted by Crippen LogP contribution is -2.40. The van der Waals surface area contributed by atoms with Crippen LogP contribution in [0.3, 0.4) is 0 Å². The first-order valence-corrected chi connectivity index (χ1v) is 5.15. The summed E-state index contributed by atoms with van der Waals surface area (Å²) in [5.41, 5.74) is 2.85. The normalized spacial score (nSPS) is 32.6. The molecule has 0 amide bonds. The van der Waals surface area contributed by atoms with E-state index in [1.54, 1.807) is 0 Å². The van der Waals surface area contributed by atoms with Crippen molar-refractivity contribution in [2.75, 3.05) is 20.1 Å². The molecule has 1 heterocycles. The number of nitrogens with zero attached hydrogens (tertiary/aromatic N) is 2. The van der Waals surface area contributed by atoms with Gasteiger partial charge in [0.25, 0.3) is 0 Å². The van der Waals surface area contributed by atoms with Gasteiger partial charge >= 0.3 is 0 Å². The number of rotatable bonds is 0. The number of allylic oxidation sites excluding steroid dienone is 3. The van der Waals surface area contributed by atoms with E-state index in [-0.39, 0.29) is 5.92 Å². The summed E-state index contributed by atoms with van der Waals surface area (Å²) < 4.78 is 0. The van der Waals surface area contributed by atoms with Crippen molar-refractivity contribution in [3.05, 3.63) is 23.3 Å². The van der Waals surface area contributed by atoms with Gasteiger partial charge in [0.05, 0.1) is 12.0 Å². The van der Waals surface area contributed by atoms with Crippen LogP contribution in [0.4, 0.5) is 0 Å². The van der Waals surface area contributed by atoms with E-state index >= 15 is 0 Å². The predicted molar refractivity (Wildman–Crippen MR) is 56.5 cm³/mol. The zero-order valence-electron chi connectivity index (χ0n) is 8.83.